The van der Waals surface area contributed by atoms with E-state index < -0.39 is 0 Å². The Balaban J connectivity index is 2.60. The second-order valence-corrected chi connectivity index (χ2v) is 4.53. The number of carbonyl (C=O) groups excluding carboxylic acids is 1. The van der Waals surface area contributed by atoms with E-state index in [9.17, 15) is 4.79 Å². The van der Waals surface area contributed by atoms with Gasteiger partial charge in [-0.05, 0) is 31.1 Å². The number of amides is 1. The van der Waals surface area contributed by atoms with Crippen LogP contribution < -0.4 is 5.32 Å². The fourth-order valence-electron chi connectivity index (χ4n) is 1.17. The molecule has 0 aliphatic heterocycles. The number of benzene rings is 1. The molecule has 3 heteroatoms. The summed E-state index contributed by atoms with van der Waals surface area (Å²) in [4.78, 5) is 11.5. The van der Waals surface area contributed by atoms with Gasteiger partial charge in [0.15, 0.2) is 0 Å². The first kappa shape index (κ1) is 13.0. The Kier molecular flexibility index (Phi) is 5.26. The molecule has 1 aromatic rings. The second kappa shape index (κ2) is 6.48. The van der Waals surface area contributed by atoms with Crippen LogP contribution in [0.3, 0.4) is 0 Å². The summed E-state index contributed by atoms with van der Waals surface area (Å²) < 4.78 is 0.989. The summed E-state index contributed by atoms with van der Waals surface area (Å²) in [5.41, 5.74) is 1.00. The Bertz CT molecular complexity index is 387. The summed E-state index contributed by atoms with van der Waals surface area (Å²) in [5, 5.41) is 2.88. The maximum absolute atomic E-state index is 11.5. The van der Waals surface area contributed by atoms with Crippen LogP contribution in [0.1, 0.15) is 25.8 Å². The molecular formula is C13H16BrNO. The highest BCUT2D eigenvalue weighted by atomic mass is 79.9. The molecule has 0 unspecified atom stereocenters. The summed E-state index contributed by atoms with van der Waals surface area (Å²) >= 11 is 3.43. The van der Waals surface area contributed by atoms with Gasteiger partial charge < -0.3 is 5.32 Å². The molecule has 1 amide bonds. The molecule has 16 heavy (non-hydrogen) atoms. The Labute approximate surface area is 105 Å². The monoisotopic (exact) mass is 281 g/mol. The molecule has 0 saturated heterocycles. The zero-order valence-corrected chi connectivity index (χ0v) is 11.1. The third-order valence-electron chi connectivity index (χ3n) is 2.32. The number of carbonyl (C=O) groups is 1. The van der Waals surface area contributed by atoms with E-state index in [1.165, 1.54) is 0 Å². The van der Waals surface area contributed by atoms with Crippen LogP contribution >= 0.6 is 15.9 Å². The van der Waals surface area contributed by atoms with Crippen molar-refractivity contribution in [3.05, 3.63) is 40.4 Å². The van der Waals surface area contributed by atoms with Crippen LogP contribution in [0.2, 0.25) is 0 Å². The van der Waals surface area contributed by atoms with Gasteiger partial charge in [0, 0.05) is 16.6 Å². The van der Waals surface area contributed by atoms with Crippen molar-refractivity contribution in [2.24, 2.45) is 0 Å². The highest BCUT2D eigenvalue weighted by Gasteiger charge is 2.01. The van der Waals surface area contributed by atoms with Gasteiger partial charge in [0.05, 0.1) is 0 Å². The van der Waals surface area contributed by atoms with Crippen molar-refractivity contribution in [1.29, 1.82) is 0 Å². The predicted octanol–water partition coefficient (Wildman–Crippen LogP) is 3.38. The number of halogens is 1. The first-order valence-electron chi connectivity index (χ1n) is 5.36. The summed E-state index contributed by atoms with van der Waals surface area (Å²) in [5.74, 6) is -0.0508. The zero-order valence-electron chi connectivity index (χ0n) is 9.53. The fraction of sp³-hybridized carbons (Fsp3) is 0.308. The van der Waals surface area contributed by atoms with Crippen LogP contribution in [0, 0.1) is 0 Å². The molecule has 2 nitrogen and oxygen atoms in total. The van der Waals surface area contributed by atoms with Gasteiger partial charge in [-0.15, -0.1) is 0 Å². The van der Waals surface area contributed by atoms with Gasteiger partial charge in [-0.2, -0.15) is 0 Å². The van der Waals surface area contributed by atoms with Gasteiger partial charge in [0.1, 0.15) is 0 Å². The normalized spacial score (nSPS) is 12.7. The van der Waals surface area contributed by atoms with E-state index in [0.29, 0.717) is 0 Å². The van der Waals surface area contributed by atoms with Gasteiger partial charge in [0.2, 0.25) is 5.91 Å². The highest BCUT2D eigenvalue weighted by Crippen LogP contribution is 2.16. The van der Waals surface area contributed by atoms with Crippen molar-refractivity contribution in [2.75, 3.05) is 0 Å². The minimum atomic E-state index is -0.0508. The van der Waals surface area contributed by atoms with Crippen LogP contribution in [0.5, 0.6) is 0 Å². The van der Waals surface area contributed by atoms with Crippen LogP contribution in [0.4, 0.5) is 0 Å². The summed E-state index contributed by atoms with van der Waals surface area (Å²) in [6.07, 6.45) is 4.31. The average Bonchev–Trinajstić information content (AvgIpc) is 2.28. The van der Waals surface area contributed by atoms with Gasteiger partial charge >= 0.3 is 0 Å². The minimum absolute atomic E-state index is 0.0508. The largest absolute Gasteiger partial charge is 0.350 e. The van der Waals surface area contributed by atoms with Crippen molar-refractivity contribution in [3.8, 4) is 0 Å². The number of hydrogen-bond acceptors (Lipinski definition) is 1. The second-order valence-electron chi connectivity index (χ2n) is 3.67. The smallest absolute Gasteiger partial charge is 0.244 e. The topological polar surface area (TPSA) is 29.1 Å². The molecule has 1 aromatic carbocycles. The molecule has 0 saturated carbocycles. The summed E-state index contributed by atoms with van der Waals surface area (Å²) in [6, 6.07) is 8.01. The lowest BCUT2D eigenvalue weighted by molar-refractivity contribution is -0.117. The van der Waals surface area contributed by atoms with Crippen molar-refractivity contribution in [1.82, 2.24) is 5.32 Å². The lowest BCUT2D eigenvalue weighted by Crippen LogP contribution is -2.30. The maximum Gasteiger partial charge on any atom is 0.244 e. The Morgan fingerprint density at radius 3 is 2.81 bits per heavy atom. The van der Waals surface area contributed by atoms with Gasteiger partial charge in [-0.3, -0.25) is 4.79 Å². The van der Waals surface area contributed by atoms with Crippen LogP contribution in [-0.2, 0) is 4.79 Å². The van der Waals surface area contributed by atoms with Crippen molar-refractivity contribution >= 4 is 27.9 Å². The molecule has 86 valence electrons. The molecule has 0 fully saturated rings. The predicted molar refractivity (Wildman–Crippen MR) is 71.1 cm³/mol. The molecule has 0 spiro atoms. The van der Waals surface area contributed by atoms with Crippen LogP contribution in [0.25, 0.3) is 6.08 Å². The van der Waals surface area contributed by atoms with Gasteiger partial charge in [0.25, 0.3) is 0 Å². The lowest BCUT2D eigenvalue weighted by atomic mass is 10.2. The van der Waals surface area contributed by atoms with E-state index in [-0.39, 0.29) is 11.9 Å². The molecular weight excluding hydrogens is 266 g/mol. The van der Waals surface area contributed by atoms with Crippen LogP contribution in [0.15, 0.2) is 34.8 Å². The Hall–Kier alpha value is -1.09. The molecule has 0 aliphatic carbocycles. The van der Waals surface area contributed by atoms with Crippen molar-refractivity contribution in [2.45, 2.75) is 26.3 Å². The van der Waals surface area contributed by atoms with Crippen molar-refractivity contribution < 1.29 is 4.79 Å². The molecule has 1 atom stereocenters. The number of hydrogen-bond donors (Lipinski definition) is 1. The lowest BCUT2D eigenvalue weighted by Gasteiger charge is -2.08. The Morgan fingerprint density at radius 2 is 2.19 bits per heavy atom. The quantitative estimate of drug-likeness (QED) is 0.843. The summed E-state index contributed by atoms with van der Waals surface area (Å²) in [6.45, 7) is 4.03. The van der Waals surface area contributed by atoms with Crippen LogP contribution in [-0.4, -0.2) is 11.9 Å². The van der Waals surface area contributed by atoms with Gasteiger partial charge in [-0.1, -0.05) is 41.1 Å². The third kappa shape index (κ3) is 4.19. The van der Waals surface area contributed by atoms with E-state index >= 15 is 0 Å². The molecule has 1 rings (SSSR count). The molecule has 0 radical (unpaired) electrons. The van der Waals surface area contributed by atoms with Crippen molar-refractivity contribution in [3.63, 3.8) is 0 Å². The zero-order chi connectivity index (χ0) is 12.0. The molecule has 1 N–H and O–H groups in total. The fourth-order valence-corrected chi connectivity index (χ4v) is 1.59. The third-order valence-corrected chi connectivity index (χ3v) is 3.04. The van der Waals surface area contributed by atoms with E-state index in [1.54, 1.807) is 6.08 Å². The summed E-state index contributed by atoms with van der Waals surface area (Å²) in [7, 11) is 0. The number of rotatable bonds is 4. The SMILES string of the molecule is CC[C@H](C)NC(=O)/C=C/c1ccccc1Br. The van der Waals surface area contributed by atoms with Gasteiger partial charge in [-0.25, -0.2) is 0 Å². The highest BCUT2D eigenvalue weighted by molar-refractivity contribution is 9.10. The maximum atomic E-state index is 11.5. The molecule has 0 heterocycles. The molecule has 0 aliphatic rings. The average molecular weight is 282 g/mol. The first-order valence-corrected chi connectivity index (χ1v) is 6.16. The van der Waals surface area contributed by atoms with E-state index in [4.69, 9.17) is 0 Å². The van der Waals surface area contributed by atoms with E-state index in [2.05, 4.69) is 21.2 Å². The first-order chi connectivity index (χ1) is 7.63. The van der Waals surface area contributed by atoms with E-state index in [0.717, 1.165) is 16.5 Å². The Morgan fingerprint density at radius 1 is 1.50 bits per heavy atom. The minimum Gasteiger partial charge on any atom is -0.350 e. The standard InChI is InChI=1S/C13H16BrNO/c1-3-10(2)15-13(16)9-8-11-6-4-5-7-12(11)14/h4-10H,3H2,1-2H3,(H,15,16)/b9-8+/t10-/m0/s1. The molecule has 0 bridgehead atoms. The van der Waals surface area contributed by atoms with E-state index in [1.807, 2.05) is 44.2 Å². The molecule has 0 aromatic heterocycles. The number of nitrogens with one attached hydrogen (secondary N) is 1.